The predicted octanol–water partition coefficient (Wildman–Crippen LogP) is 5.06. The number of halogens is 2. The molecule has 0 spiro atoms. The molecule has 1 N–H and O–H groups in total. The van der Waals surface area contributed by atoms with E-state index in [-0.39, 0.29) is 5.91 Å². The molecule has 2 heterocycles. The summed E-state index contributed by atoms with van der Waals surface area (Å²) >= 11 is 12.4. The first-order valence-electron chi connectivity index (χ1n) is 9.57. The van der Waals surface area contributed by atoms with Crippen LogP contribution in [0, 0.1) is 6.92 Å². The molecule has 4 nitrogen and oxygen atoms in total. The molecule has 1 aliphatic rings. The van der Waals surface area contributed by atoms with Crippen LogP contribution in [0.1, 0.15) is 17.7 Å². The van der Waals surface area contributed by atoms with E-state index in [0.29, 0.717) is 11.4 Å². The summed E-state index contributed by atoms with van der Waals surface area (Å²) in [5.74, 6) is 0.210. The Kier molecular flexibility index (Phi) is 5.51. The molecule has 146 valence electrons. The molecule has 0 radical (unpaired) electrons. The molecule has 0 unspecified atom stereocenters. The molecule has 2 aromatic carbocycles. The Morgan fingerprint density at radius 1 is 1.07 bits per heavy atom. The minimum atomic E-state index is 0.210. The van der Waals surface area contributed by atoms with Crippen molar-refractivity contribution in [3.8, 4) is 0 Å². The van der Waals surface area contributed by atoms with Gasteiger partial charge in [0.25, 0.3) is 0 Å². The van der Waals surface area contributed by atoms with E-state index in [2.05, 4.69) is 16.8 Å². The predicted molar refractivity (Wildman–Crippen MR) is 117 cm³/mol. The van der Waals surface area contributed by atoms with Crippen LogP contribution in [0.2, 0.25) is 10.0 Å². The summed E-state index contributed by atoms with van der Waals surface area (Å²) in [7, 11) is 0. The Bertz CT molecular complexity index is 1010. The number of carbonyl (C=O) groups is 1. The van der Waals surface area contributed by atoms with Gasteiger partial charge in [-0.3, -0.25) is 4.79 Å². The van der Waals surface area contributed by atoms with Gasteiger partial charge in [0.15, 0.2) is 0 Å². The van der Waals surface area contributed by atoms with Gasteiger partial charge in [0.05, 0.1) is 10.7 Å². The van der Waals surface area contributed by atoms with E-state index in [0.717, 1.165) is 59.9 Å². The summed E-state index contributed by atoms with van der Waals surface area (Å²) in [4.78, 5) is 20.3. The van der Waals surface area contributed by atoms with Crippen LogP contribution in [0.25, 0.3) is 10.9 Å². The average molecular weight is 416 g/mol. The van der Waals surface area contributed by atoms with Crippen molar-refractivity contribution in [1.82, 2.24) is 9.88 Å². The number of nitrogens with zero attached hydrogens (tertiary/aromatic N) is 2. The third-order valence-corrected chi connectivity index (χ3v) is 6.05. The third-order valence-electron chi connectivity index (χ3n) is 5.50. The van der Waals surface area contributed by atoms with Crippen molar-refractivity contribution in [3.63, 3.8) is 0 Å². The number of aromatic nitrogens is 1. The van der Waals surface area contributed by atoms with Crippen molar-refractivity contribution in [2.45, 2.75) is 19.8 Å². The molecule has 3 aromatic rings. The first kappa shape index (κ1) is 19.2. The summed E-state index contributed by atoms with van der Waals surface area (Å²) in [6.07, 6.45) is 1.25. The first-order valence-corrected chi connectivity index (χ1v) is 10.3. The molecule has 28 heavy (non-hydrogen) atoms. The fourth-order valence-electron chi connectivity index (χ4n) is 3.98. The van der Waals surface area contributed by atoms with Crippen molar-refractivity contribution >= 4 is 45.7 Å². The van der Waals surface area contributed by atoms with Crippen molar-refractivity contribution in [1.29, 1.82) is 0 Å². The normalized spacial score (nSPS) is 14.7. The van der Waals surface area contributed by atoms with Crippen LogP contribution in [0.5, 0.6) is 0 Å². The van der Waals surface area contributed by atoms with Gasteiger partial charge >= 0.3 is 0 Å². The van der Waals surface area contributed by atoms with Crippen LogP contribution in [0.3, 0.4) is 0 Å². The summed E-state index contributed by atoms with van der Waals surface area (Å²) in [5.41, 5.74) is 4.38. The van der Waals surface area contributed by atoms with Crippen molar-refractivity contribution in [2.75, 3.05) is 31.1 Å². The van der Waals surface area contributed by atoms with Gasteiger partial charge in [-0.1, -0.05) is 41.4 Å². The van der Waals surface area contributed by atoms with E-state index in [1.54, 1.807) is 0 Å². The quantitative estimate of drug-likeness (QED) is 0.646. The van der Waals surface area contributed by atoms with Gasteiger partial charge in [-0.15, -0.1) is 0 Å². The number of nitrogens with one attached hydrogen (secondary N) is 1. The molecule has 1 amide bonds. The molecule has 1 saturated heterocycles. The number of piperazine rings is 1. The van der Waals surface area contributed by atoms with Gasteiger partial charge in [0.1, 0.15) is 0 Å². The highest BCUT2D eigenvalue weighted by molar-refractivity contribution is 6.33. The minimum absolute atomic E-state index is 0.210. The largest absolute Gasteiger partial charge is 0.367 e. The fraction of sp³-hybridized carbons (Fsp3) is 0.318. The molecular weight excluding hydrogens is 393 g/mol. The number of para-hydroxylation sites is 1. The second-order valence-electron chi connectivity index (χ2n) is 7.24. The highest BCUT2D eigenvalue weighted by Gasteiger charge is 2.22. The van der Waals surface area contributed by atoms with Crippen LogP contribution in [0.15, 0.2) is 42.5 Å². The van der Waals surface area contributed by atoms with E-state index < -0.39 is 0 Å². The number of benzene rings is 2. The number of hydrogen-bond donors (Lipinski definition) is 1. The molecule has 4 rings (SSSR count). The molecule has 1 fully saturated rings. The van der Waals surface area contributed by atoms with Crippen LogP contribution in [0.4, 0.5) is 5.69 Å². The first-order chi connectivity index (χ1) is 13.5. The Morgan fingerprint density at radius 2 is 1.82 bits per heavy atom. The zero-order valence-electron chi connectivity index (χ0n) is 15.8. The van der Waals surface area contributed by atoms with Gasteiger partial charge in [-0.2, -0.15) is 0 Å². The number of aromatic amines is 1. The maximum absolute atomic E-state index is 12.8. The highest BCUT2D eigenvalue weighted by Crippen LogP contribution is 2.28. The number of amides is 1. The lowest BCUT2D eigenvalue weighted by atomic mass is 10.1. The molecular formula is C22H23Cl2N3O. The number of H-pyrrole nitrogens is 1. The van der Waals surface area contributed by atoms with Crippen LogP contribution in [-0.2, 0) is 11.2 Å². The number of fused-ring (bicyclic) bond motifs is 1. The fourth-order valence-corrected chi connectivity index (χ4v) is 4.41. The Morgan fingerprint density at radius 3 is 2.57 bits per heavy atom. The van der Waals surface area contributed by atoms with Crippen LogP contribution >= 0.6 is 23.2 Å². The molecule has 0 saturated carbocycles. The van der Waals surface area contributed by atoms with E-state index >= 15 is 0 Å². The zero-order valence-corrected chi connectivity index (χ0v) is 17.4. The standard InChI is InChI=1S/C22H23Cl2N3O/c1-15-17(18-7-6-16(23)14-20(18)25-15)8-9-22(28)27-12-10-26(11-13-27)21-5-3-2-4-19(21)24/h2-7,14,25H,8-13H2,1H3. The van der Waals surface area contributed by atoms with Crippen LogP contribution in [-0.4, -0.2) is 42.0 Å². The maximum Gasteiger partial charge on any atom is 0.223 e. The molecule has 1 aliphatic heterocycles. The molecule has 0 aliphatic carbocycles. The van der Waals surface area contributed by atoms with E-state index in [9.17, 15) is 4.79 Å². The highest BCUT2D eigenvalue weighted by atomic mass is 35.5. The van der Waals surface area contributed by atoms with Crippen molar-refractivity contribution in [2.24, 2.45) is 0 Å². The lowest BCUT2D eigenvalue weighted by Gasteiger charge is -2.36. The van der Waals surface area contributed by atoms with Gasteiger partial charge < -0.3 is 14.8 Å². The molecule has 1 aromatic heterocycles. The number of rotatable bonds is 4. The smallest absolute Gasteiger partial charge is 0.223 e. The molecule has 0 bridgehead atoms. The summed E-state index contributed by atoms with van der Waals surface area (Å²) in [5, 5.41) is 2.63. The summed E-state index contributed by atoms with van der Waals surface area (Å²) in [6.45, 7) is 5.12. The number of hydrogen-bond acceptors (Lipinski definition) is 2. The van der Waals surface area contributed by atoms with Crippen molar-refractivity contribution < 1.29 is 4.79 Å². The zero-order chi connectivity index (χ0) is 19.7. The average Bonchev–Trinajstić information content (AvgIpc) is 3.00. The third kappa shape index (κ3) is 3.85. The number of anilines is 1. The number of carbonyl (C=O) groups excluding carboxylic acids is 1. The van der Waals surface area contributed by atoms with E-state index in [1.807, 2.05) is 47.4 Å². The Labute approximate surface area is 175 Å². The monoisotopic (exact) mass is 415 g/mol. The van der Waals surface area contributed by atoms with Crippen molar-refractivity contribution in [3.05, 3.63) is 63.8 Å². The van der Waals surface area contributed by atoms with Gasteiger partial charge in [-0.25, -0.2) is 0 Å². The lowest BCUT2D eigenvalue weighted by Crippen LogP contribution is -2.48. The summed E-state index contributed by atoms with van der Waals surface area (Å²) < 4.78 is 0. The topological polar surface area (TPSA) is 39.3 Å². The Balaban J connectivity index is 1.37. The second-order valence-corrected chi connectivity index (χ2v) is 8.08. The van der Waals surface area contributed by atoms with Crippen LogP contribution < -0.4 is 4.90 Å². The number of aryl methyl sites for hydroxylation is 2. The second kappa shape index (κ2) is 8.06. The molecule has 0 atom stereocenters. The lowest BCUT2D eigenvalue weighted by molar-refractivity contribution is -0.131. The Hall–Kier alpha value is -2.17. The van der Waals surface area contributed by atoms with Gasteiger partial charge in [0.2, 0.25) is 5.91 Å². The summed E-state index contributed by atoms with van der Waals surface area (Å²) in [6, 6.07) is 13.7. The SMILES string of the molecule is Cc1[nH]c2cc(Cl)ccc2c1CCC(=O)N1CCN(c2ccccc2Cl)CC1. The van der Waals surface area contributed by atoms with E-state index in [4.69, 9.17) is 23.2 Å². The minimum Gasteiger partial charge on any atom is -0.367 e. The maximum atomic E-state index is 12.8. The van der Waals surface area contributed by atoms with Gasteiger partial charge in [-0.05, 0) is 43.2 Å². The van der Waals surface area contributed by atoms with Gasteiger partial charge in [0, 0.05) is 54.2 Å². The molecule has 6 heteroatoms. The van der Waals surface area contributed by atoms with E-state index in [1.165, 1.54) is 5.56 Å².